The van der Waals surface area contributed by atoms with Crippen molar-refractivity contribution in [2.45, 2.75) is 5.92 Å². The molecule has 1 atom stereocenters. The van der Waals surface area contributed by atoms with Gasteiger partial charge in [0.25, 0.3) is 0 Å². The van der Waals surface area contributed by atoms with Gasteiger partial charge in [-0.1, -0.05) is 34.1 Å². The van der Waals surface area contributed by atoms with Crippen LogP contribution >= 0.6 is 15.9 Å². The Labute approximate surface area is 74.5 Å². The molecule has 1 heterocycles. The first-order valence-electron chi connectivity index (χ1n) is 3.69. The monoisotopic (exact) mass is 212 g/mol. The van der Waals surface area contributed by atoms with Gasteiger partial charge >= 0.3 is 0 Å². The minimum Gasteiger partial charge on any atom is -0.493 e. The Morgan fingerprint density at radius 1 is 1.45 bits per heavy atom. The van der Waals surface area contributed by atoms with Crippen LogP contribution in [0.5, 0.6) is 5.75 Å². The fourth-order valence-electron chi connectivity index (χ4n) is 1.36. The predicted octanol–water partition coefficient (Wildman–Crippen LogP) is 2.56. The topological polar surface area (TPSA) is 9.23 Å². The van der Waals surface area contributed by atoms with E-state index in [-0.39, 0.29) is 0 Å². The van der Waals surface area contributed by atoms with Crippen LogP contribution in [-0.4, -0.2) is 11.9 Å². The normalized spacial score (nSPS) is 21.0. The lowest BCUT2D eigenvalue weighted by Gasteiger charge is -2.00. The zero-order valence-corrected chi connectivity index (χ0v) is 7.67. The summed E-state index contributed by atoms with van der Waals surface area (Å²) in [7, 11) is 0. The molecule has 0 aromatic heterocycles. The Morgan fingerprint density at radius 3 is 3.09 bits per heavy atom. The van der Waals surface area contributed by atoms with Crippen molar-refractivity contribution in [3.8, 4) is 5.75 Å². The van der Waals surface area contributed by atoms with Gasteiger partial charge in [0.1, 0.15) is 5.75 Å². The first kappa shape index (κ1) is 7.17. The van der Waals surface area contributed by atoms with E-state index in [1.165, 1.54) is 5.56 Å². The van der Waals surface area contributed by atoms with Crippen LogP contribution in [0.3, 0.4) is 0 Å². The van der Waals surface area contributed by atoms with Crippen LogP contribution in [0.15, 0.2) is 24.3 Å². The molecule has 0 unspecified atom stereocenters. The Balaban J connectivity index is 2.39. The van der Waals surface area contributed by atoms with E-state index in [1.54, 1.807) is 0 Å². The van der Waals surface area contributed by atoms with Gasteiger partial charge in [0.2, 0.25) is 0 Å². The number of hydrogen-bond acceptors (Lipinski definition) is 1. The molecule has 0 saturated carbocycles. The summed E-state index contributed by atoms with van der Waals surface area (Å²) in [5.41, 5.74) is 1.34. The second-order valence-electron chi connectivity index (χ2n) is 2.70. The summed E-state index contributed by atoms with van der Waals surface area (Å²) in [5.74, 6) is 1.60. The first-order chi connectivity index (χ1) is 5.42. The van der Waals surface area contributed by atoms with Crippen LogP contribution in [0.2, 0.25) is 0 Å². The minimum absolute atomic E-state index is 0.547. The highest BCUT2D eigenvalue weighted by molar-refractivity contribution is 9.09. The lowest BCUT2D eigenvalue weighted by Crippen LogP contribution is -2.00. The minimum atomic E-state index is 0.547. The van der Waals surface area contributed by atoms with Crippen molar-refractivity contribution < 1.29 is 4.74 Å². The largest absolute Gasteiger partial charge is 0.493 e. The standard InChI is InChI=1S/C9H9BrO/c10-5-7-6-11-9-4-2-1-3-8(7)9/h1-4,7H,5-6H2/t7-/m0/s1. The molecule has 0 amide bonds. The molecule has 58 valence electrons. The third-order valence-corrected chi connectivity index (χ3v) is 2.77. The van der Waals surface area contributed by atoms with E-state index in [0.717, 1.165) is 17.7 Å². The number of benzene rings is 1. The summed E-state index contributed by atoms with van der Waals surface area (Å²) in [6, 6.07) is 8.23. The zero-order valence-electron chi connectivity index (χ0n) is 6.09. The van der Waals surface area contributed by atoms with Gasteiger partial charge in [-0.2, -0.15) is 0 Å². The van der Waals surface area contributed by atoms with Gasteiger partial charge in [0, 0.05) is 16.8 Å². The van der Waals surface area contributed by atoms with Crippen molar-refractivity contribution >= 4 is 15.9 Å². The number of fused-ring (bicyclic) bond motifs is 1. The maximum Gasteiger partial charge on any atom is 0.122 e. The van der Waals surface area contributed by atoms with Crippen LogP contribution in [0, 0.1) is 0 Å². The van der Waals surface area contributed by atoms with Crippen molar-refractivity contribution in [3.05, 3.63) is 29.8 Å². The Bertz CT molecular complexity index is 259. The molecule has 2 rings (SSSR count). The van der Waals surface area contributed by atoms with E-state index in [9.17, 15) is 0 Å². The highest BCUT2D eigenvalue weighted by atomic mass is 79.9. The van der Waals surface area contributed by atoms with Crippen molar-refractivity contribution in [1.82, 2.24) is 0 Å². The molecule has 1 aromatic carbocycles. The molecule has 1 nitrogen and oxygen atoms in total. The quantitative estimate of drug-likeness (QED) is 0.651. The molecule has 0 N–H and O–H groups in total. The molecule has 11 heavy (non-hydrogen) atoms. The molecule has 0 spiro atoms. The molecule has 1 aromatic rings. The summed E-state index contributed by atoms with van der Waals surface area (Å²) in [6.45, 7) is 0.824. The number of para-hydroxylation sites is 1. The van der Waals surface area contributed by atoms with Gasteiger partial charge in [0.15, 0.2) is 0 Å². The number of rotatable bonds is 1. The third-order valence-electron chi connectivity index (χ3n) is 1.99. The summed E-state index contributed by atoms with van der Waals surface area (Å²) in [5, 5.41) is 0.990. The number of ether oxygens (including phenoxy) is 1. The SMILES string of the molecule is BrC[C@H]1COc2ccccc21. The van der Waals surface area contributed by atoms with E-state index < -0.39 is 0 Å². The molecule has 1 aliphatic heterocycles. The van der Waals surface area contributed by atoms with Crippen molar-refractivity contribution in [2.24, 2.45) is 0 Å². The molecule has 0 radical (unpaired) electrons. The van der Waals surface area contributed by atoms with Gasteiger partial charge in [-0.05, 0) is 6.07 Å². The number of hydrogen-bond donors (Lipinski definition) is 0. The van der Waals surface area contributed by atoms with E-state index in [2.05, 4.69) is 28.1 Å². The average Bonchev–Trinajstić information content (AvgIpc) is 2.47. The summed E-state index contributed by atoms with van der Waals surface area (Å²) in [6.07, 6.45) is 0. The van der Waals surface area contributed by atoms with Crippen molar-refractivity contribution in [2.75, 3.05) is 11.9 Å². The highest BCUT2D eigenvalue weighted by Gasteiger charge is 2.21. The maximum absolute atomic E-state index is 5.47. The van der Waals surface area contributed by atoms with Crippen molar-refractivity contribution in [3.63, 3.8) is 0 Å². The van der Waals surface area contributed by atoms with Crippen LogP contribution in [0.25, 0.3) is 0 Å². The average molecular weight is 213 g/mol. The predicted molar refractivity (Wildman–Crippen MR) is 48.5 cm³/mol. The Kier molecular flexibility index (Phi) is 1.86. The zero-order chi connectivity index (χ0) is 7.68. The fourth-order valence-corrected chi connectivity index (χ4v) is 1.89. The Morgan fingerprint density at radius 2 is 2.27 bits per heavy atom. The van der Waals surface area contributed by atoms with Crippen LogP contribution in [0.1, 0.15) is 11.5 Å². The van der Waals surface area contributed by atoms with E-state index >= 15 is 0 Å². The second kappa shape index (κ2) is 2.86. The summed E-state index contributed by atoms with van der Waals surface area (Å²) < 4.78 is 5.47. The smallest absolute Gasteiger partial charge is 0.122 e. The van der Waals surface area contributed by atoms with Gasteiger partial charge < -0.3 is 4.74 Å². The van der Waals surface area contributed by atoms with Gasteiger partial charge in [0.05, 0.1) is 6.61 Å². The molecule has 0 aliphatic carbocycles. The van der Waals surface area contributed by atoms with Crippen molar-refractivity contribution in [1.29, 1.82) is 0 Å². The number of halogens is 1. The molecule has 2 heteroatoms. The second-order valence-corrected chi connectivity index (χ2v) is 3.35. The van der Waals surface area contributed by atoms with Gasteiger partial charge in [-0.15, -0.1) is 0 Å². The third kappa shape index (κ3) is 1.16. The summed E-state index contributed by atoms with van der Waals surface area (Å²) in [4.78, 5) is 0. The fraction of sp³-hybridized carbons (Fsp3) is 0.333. The molecule has 0 saturated heterocycles. The Hall–Kier alpha value is -0.500. The molecule has 0 bridgehead atoms. The van der Waals surface area contributed by atoms with Gasteiger partial charge in [-0.3, -0.25) is 0 Å². The van der Waals surface area contributed by atoms with Crippen LogP contribution < -0.4 is 4.74 Å². The molecule has 0 fully saturated rings. The summed E-state index contributed by atoms with van der Waals surface area (Å²) >= 11 is 3.47. The van der Waals surface area contributed by atoms with Gasteiger partial charge in [-0.25, -0.2) is 0 Å². The first-order valence-corrected chi connectivity index (χ1v) is 4.81. The maximum atomic E-state index is 5.47. The number of alkyl halides is 1. The van der Waals surface area contributed by atoms with Crippen LogP contribution in [-0.2, 0) is 0 Å². The lowest BCUT2D eigenvalue weighted by molar-refractivity contribution is 0.339. The van der Waals surface area contributed by atoms with E-state index in [0.29, 0.717) is 5.92 Å². The molecular formula is C9H9BrO. The molecule has 1 aliphatic rings. The van der Waals surface area contributed by atoms with E-state index in [1.807, 2.05) is 12.1 Å². The molecular weight excluding hydrogens is 204 g/mol. The van der Waals surface area contributed by atoms with Crippen LogP contribution in [0.4, 0.5) is 0 Å². The lowest BCUT2D eigenvalue weighted by atomic mass is 10.0. The highest BCUT2D eigenvalue weighted by Crippen LogP contribution is 2.34. The van der Waals surface area contributed by atoms with E-state index in [4.69, 9.17) is 4.74 Å².